The fraction of sp³-hybridized carbons (Fsp3) is 0.300. The minimum atomic E-state index is -3.75. The summed E-state index contributed by atoms with van der Waals surface area (Å²) in [6.45, 7) is 2.16. The zero-order valence-electron chi connectivity index (χ0n) is 14.8. The Morgan fingerprint density at radius 2 is 2.00 bits per heavy atom. The minimum Gasteiger partial charge on any atom is -0.324 e. The molecule has 2 aromatic heterocycles. The molecule has 1 aliphatic heterocycles. The first-order chi connectivity index (χ1) is 12.9. The Morgan fingerprint density at radius 1 is 1.22 bits per heavy atom. The van der Waals surface area contributed by atoms with Crippen LogP contribution in [-0.4, -0.2) is 23.3 Å². The molecule has 0 radical (unpaired) electrons. The highest BCUT2D eigenvalue weighted by atomic mass is 32.2. The highest BCUT2D eigenvalue weighted by Gasteiger charge is 2.51. The third-order valence-corrected chi connectivity index (χ3v) is 7.58. The van der Waals surface area contributed by atoms with Crippen LogP contribution in [0.15, 0.2) is 53.7 Å². The van der Waals surface area contributed by atoms with Crippen LogP contribution in [0, 0.1) is 5.92 Å². The fourth-order valence-corrected chi connectivity index (χ4v) is 5.98. The van der Waals surface area contributed by atoms with Gasteiger partial charge >= 0.3 is 0 Å². The number of nitrogens with one attached hydrogen (secondary N) is 1. The monoisotopic (exact) mass is 381 g/mol. The molecule has 138 valence electrons. The lowest BCUT2D eigenvalue weighted by molar-refractivity contribution is -0.120. The quantitative estimate of drug-likeness (QED) is 0.739. The van der Waals surface area contributed by atoms with Crippen LogP contribution in [0.1, 0.15) is 31.7 Å². The zero-order valence-corrected chi connectivity index (χ0v) is 15.7. The van der Waals surface area contributed by atoms with Gasteiger partial charge in [0.15, 0.2) is 5.65 Å². The number of carbonyl (C=O) groups is 1. The van der Waals surface area contributed by atoms with Crippen molar-refractivity contribution in [1.29, 1.82) is 0 Å². The normalized spacial score (nSPS) is 24.5. The van der Waals surface area contributed by atoms with Crippen molar-refractivity contribution in [2.24, 2.45) is 5.92 Å². The average Bonchev–Trinajstić information content (AvgIpc) is 3.33. The number of carbonyl (C=O) groups excluding carboxylic acids is 1. The van der Waals surface area contributed by atoms with Crippen molar-refractivity contribution in [3.05, 3.63) is 54.4 Å². The summed E-state index contributed by atoms with van der Waals surface area (Å²) in [6.07, 6.45) is 5.67. The van der Waals surface area contributed by atoms with Gasteiger partial charge < -0.3 is 5.32 Å². The van der Waals surface area contributed by atoms with Crippen LogP contribution in [0.25, 0.3) is 11.0 Å². The predicted molar refractivity (Wildman–Crippen MR) is 102 cm³/mol. The topological polar surface area (TPSA) is 81.1 Å². The van der Waals surface area contributed by atoms with E-state index in [4.69, 9.17) is 0 Å². The van der Waals surface area contributed by atoms with Gasteiger partial charge in [-0.2, -0.15) is 0 Å². The molecular weight excluding hydrogens is 362 g/mol. The maximum atomic E-state index is 13.1. The summed E-state index contributed by atoms with van der Waals surface area (Å²) >= 11 is 0. The van der Waals surface area contributed by atoms with E-state index in [1.165, 1.54) is 10.2 Å². The number of rotatable bonds is 2. The van der Waals surface area contributed by atoms with Crippen molar-refractivity contribution < 1.29 is 13.2 Å². The van der Waals surface area contributed by atoms with Crippen LogP contribution >= 0.6 is 0 Å². The van der Waals surface area contributed by atoms with E-state index in [9.17, 15) is 13.2 Å². The number of hydrogen-bond donors (Lipinski definition) is 1. The number of amides is 1. The van der Waals surface area contributed by atoms with Crippen molar-refractivity contribution in [2.45, 2.75) is 36.5 Å². The summed E-state index contributed by atoms with van der Waals surface area (Å²) in [7, 11) is -3.75. The summed E-state index contributed by atoms with van der Waals surface area (Å²) in [5, 5.41) is 3.70. The third kappa shape index (κ3) is 2.15. The largest absolute Gasteiger partial charge is 0.324 e. The predicted octanol–water partition coefficient (Wildman–Crippen LogP) is 3.28. The van der Waals surface area contributed by atoms with Crippen LogP contribution in [0.3, 0.4) is 0 Å². The van der Waals surface area contributed by atoms with E-state index < -0.39 is 15.4 Å². The van der Waals surface area contributed by atoms with Crippen molar-refractivity contribution in [3.63, 3.8) is 0 Å². The molecule has 0 saturated heterocycles. The standard InChI is InChI=1S/C20H19N3O3S/c1-13-7-9-20(11-13)17-15-8-10-23(18(15)21-12-16(17)22-19(20)24)27(25,26)14-5-3-2-4-6-14/h2-6,8,10,12-13H,7,9,11H2,1H3,(H,22,24)/t13-,20-/m1/s1. The molecule has 6 nitrogen and oxygen atoms in total. The number of hydrogen-bond acceptors (Lipinski definition) is 4. The van der Waals surface area contributed by atoms with E-state index in [-0.39, 0.29) is 10.8 Å². The SMILES string of the molecule is C[C@@H]1CC[C@]2(C1)C(=O)Nc1cnc3c(ccn3S(=O)(=O)c3ccccc3)c12. The lowest BCUT2D eigenvalue weighted by Crippen LogP contribution is -2.31. The van der Waals surface area contributed by atoms with E-state index in [0.29, 0.717) is 17.3 Å². The molecule has 0 bridgehead atoms. The Balaban J connectivity index is 1.75. The molecule has 7 heteroatoms. The van der Waals surface area contributed by atoms with E-state index in [1.807, 2.05) is 0 Å². The lowest BCUT2D eigenvalue weighted by atomic mass is 9.78. The van der Waals surface area contributed by atoms with Crippen LogP contribution in [0.5, 0.6) is 0 Å². The molecular formula is C20H19N3O3S. The summed E-state index contributed by atoms with van der Waals surface area (Å²) < 4.78 is 27.4. The van der Waals surface area contributed by atoms with Crippen LogP contribution in [0.2, 0.25) is 0 Å². The number of benzene rings is 1. The van der Waals surface area contributed by atoms with Gasteiger partial charge in [-0.1, -0.05) is 25.1 Å². The third-order valence-electron chi connectivity index (χ3n) is 5.90. The van der Waals surface area contributed by atoms with Gasteiger partial charge in [0, 0.05) is 17.1 Å². The molecule has 5 rings (SSSR count). The van der Waals surface area contributed by atoms with Gasteiger partial charge in [-0.25, -0.2) is 17.4 Å². The van der Waals surface area contributed by atoms with E-state index in [0.717, 1.165) is 30.2 Å². The van der Waals surface area contributed by atoms with Crippen molar-refractivity contribution >= 4 is 32.7 Å². The summed E-state index contributed by atoms with van der Waals surface area (Å²) in [5.74, 6) is 0.467. The van der Waals surface area contributed by atoms with Crippen molar-refractivity contribution in [3.8, 4) is 0 Å². The van der Waals surface area contributed by atoms with E-state index in [2.05, 4.69) is 17.2 Å². The maximum Gasteiger partial charge on any atom is 0.269 e. The van der Waals surface area contributed by atoms with Crippen LogP contribution in [-0.2, 0) is 20.2 Å². The second kappa shape index (κ2) is 5.42. The smallest absolute Gasteiger partial charge is 0.269 e. The van der Waals surface area contributed by atoms with Crippen LogP contribution in [0.4, 0.5) is 5.69 Å². The van der Waals surface area contributed by atoms with Gasteiger partial charge in [-0.05, 0) is 43.4 Å². The van der Waals surface area contributed by atoms with E-state index >= 15 is 0 Å². The fourth-order valence-electron chi connectivity index (χ4n) is 4.65. The molecule has 1 aliphatic carbocycles. The van der Waals surface area contributed by atoms with Crippen molar-refractivity contribution in [1.82, 2.24) is 8.96 Å². The Hall–Kier alpha value is -2.67. The summed E-state index contributed by atoms with van der Waals surface area (Å²) in [5.41, 5.74) is 1.41. The zero-order chi connectivity index (χ0) is 18.8. The Kier molecular flexibility index (Phi) is 3.31. The molecule has 1 spiro atoms. The minimum absolute atomic E-state index is 0.00909. The highest BCUT2D eigenvalue weighted by molar-refractivity contribution is 7.90. The summed E-state index contributed by atoms with van der Waals surface area (Å²) in [4.78, 5) is 17.4. The molecule has 1 saturated carbocycles. The lowest BCUT2D eigenvalue weighted by Gasteiger charge is -2.22. The Labute approximate surface area is 157 Å². The maximum absolute atomic E-state index is 13.1. The van der Waals surface area contributed by atoms with Gasteiger partial charge in [-0.15, -0.1) is 0 Å². The molecule has 1 aromatic carbocycles. The van der Waals surface area contributed by atoms with Gasteiger partial charge in [0.05, 0.1) is 22.2 Å². The average molecular weight is 381 g/mol. The van der Waals surface area contributed by atoms with Gasteiger partial charge in [0.25, 0.3) is 10.0 Å². The summed E-state index contributed by atoms with van der Waals surface area (Å²) in [6, 6.07) is 10.1. The molecule has 3 aromatic rings. The first-order valence-corrected chi connectivity index (χ1v) is 10.5. The molecule has 3 heterocycles. The first-order valence-electron chi connectivity index (χ1n) is 9.06. The number of nitrogens with zero attached hydrogens (tertiary/aromatic N) is 2. The molecule has 1 N–H and O–H groups in total. The van der Waals surface area contributed by atoms with Crippen LogP contribution < -0.4 is 5.32 Å². The second-order valence-corrected chi connectivity index (χ2v) is 9.41. The van der Waals surface area contributed by atoms with Gasteiger partial charge in [0.2, 0.25) is 5.91 Å². The second-order valence-electron chi connectivity index (χ2n) is 7.60. The molecule has 0 unspecified atom stereocenters. The Bertz CT molecular complexity index is 1180. The molecule has 2 aliphatic rings. The number of anilines is 1. The Morgan fingerprint density at radius 3 is 2.70 bits per heavy atom. The van der Waals surface area contributed by atoms with Gasteiger partial charge in [-0.3, -0.25) is 4.79 Å². The number of pyridine rings is 1. The van der Waals surface area contributed by atoms with Crippen molar-refractivity contribution in [2.75, 3.05) is 5.32 Å². The molecule has 1 amide bonds. The molecule has 27 heavy (non-hydrogen) atoms. The van der Waals surface area contributed by atoms with Gasteiger partial charge in [0.1, 0.15) is 0 Å². The number of aromatic nitrogens is 2. The van der Waals surface area contributed by atoms with E-state index in [1.54, 1.807) is 42.6 Å². The molecule has 2 atom stereocenters. The highest BCUT2D eigenvalue weighted by Crippen LogP contribution is 2.52. The molecule has 1 fully saturated rings. The number of fused-ring (bicyclic) bond motifs is 4. The first kappa shape index (κ1) is 16.5.